The lowest BCUT2D eigenvalue weighted by atomic mass is 9.94. The molecule has 0 aliphatic heterocycles. The van der Waals surface area contributed by atoms with Crippen LogP contribution in [0.4, 0.5) is 0 Å². The van der Waals surface area contributed by atoms with E-state index in [1.54, 1.807) is 49.6 Å². The van der Waals surface area contributed by atoms with Gasteiger partial charge in [0.25, 0.3) is 5.91 Å². The molecule has 114 valence electrons. The molecular formula is C17H18N2O3. The van der Waals surface area contributed by atoms with Gasteiger partial charge in [-0.3, -0.25) is 9.59 Å². The number of primary amides is 1. The molecular weight excluding hydrogens is 280 g/mol. The van der Waals surface area contributed by atoms with Crippen molar-refractivity contribution in [1.29, 1.82) is 0 Å². The number of methoxy groups -OCH3 is 1. The van der Waals surface area contributed by atoms with Crippen molar-refractivity contribution < 1.29 is 14.3 Å². The van der Waals surface area contributed by atoms with Gasteiger partial charge in [-0.05, 0) is 23.3 Å². The van der Waals surface area contributed by atoms with Gasteiger partial charge in [-0.25, -0.2) is 0 Å². The number of amides is 2. The number of hydrogen-bond donors (Lipinski definition) is 2. The Morgan fingerprint density at radius 2 is 1.55 bits per heavy atom. The lowest BCUT2D eigenvalue weighted by Crippen LogP contribution is -2.27. The van der Waals surface area contributed by atoms with E-state index in [-0.39, 0.29) is 5.91 Å². The van der Waals surface area contributed by atoms with Crippen molar-refractivity contribution in [3.63, 3.8) is 0 Å². The maximum atomic E-state index is 12.3. The third-order valence-corrected chi connectivity index (χ3v) is 3.25. The molecule has 2 aromatic rings. The summed E-state index contributed by atoms with van der Waals surface area (Å²) in [6.07, 6.45) is 0. The standard InChI is InChI=1S/C17H18N2O3/c1-22-11-10-19-17(21)15-9-5-3-7-13(15)12-6-2-4-8-14(12)16(18)20/h2-9H,10-11H2,1H3,(H2,18,20)(H,19,21). The molecule has 0 radical (unpaired) electrons. The molecule has 5 heteroatoms. The van der Waals surface area contributed by atoms with Crippen LogP contribution < -0.4 is 11.1 Å². The van der Waals surface area contributed by atoms with Crippen LogP contribution in [0.25, 0.3) is 11.1 Å². The average molecular weight is 298 g/mol. The van der Waals surface area contributed by atoms with Crippen molar-refractivity contribution in [2.24, 2.45) is 5.73 Å². The lowest BCUT2D eigenvalue weighted by molar-refractivity contribution is 0.0936. The molecule has 2 aromatic carbocycles. The molecule has 0 atom stereocenters. The van der Waals surface area contributed by atoms with E-state index in [4.69, 9.17) is 10.5 Å². The molecule has 0 unspecified atom stereocenters. The monoisotopic (exact) mass is 298 g/mol. The van der Waals surface area contributed by atoms with Crippen molar-refractivity contribution in [2.45, 2.75) is 0 Å². The summed E-state index contributed by atoms with van der Waals surface area (Å²) in [7, 11) is 1.57. The molecule has 22 heavy (non-hydrogen) atoms. The summed E-state index contributed by atoms with van der Waals surface area (Å²) in [4.78, 5) is 23.9. The lowest BCUT2D eigenvalue weighted by Gasteiger charge is -2.12. The Kier molecular flexibility index (Phi) is 5.27. The van der Waals surface area contributed by atoms with Crippen molar-refractivity contribution in [3.8, 4) is 11.1 Å². The largest absolute Gasteiger partial charge is 0.383 e. The van der Waals surface area contributed by atoms with Gasteiger partial charge in [-0.1, -0.05) is 36.4 Å². The minimum atomic E-state index is -0.523. The Hall–Kier alpha value is -2.66. The Morgan fingerprint density at radius 3 is 2.14 bits per heavy atom. The first-order chi connectivity index (χ1) is 10.6. The Morgan fingerprint density at radius 1 is 1.00 bits per heavy atom. The maximum absolute atomic E-state index is 12.3. The highest BCUT2D eigenvalue weighted by atomic mass is 16.5. The summed E-state index contributed by atoms with van der Waals surface area (Å²) in [5, 5.41) is 2.78. The summed E-state index contributed by atoms with van der Waals surface area (Å²) in [6, 6.07) is 14.1. The van der Waals surface area contributed by atoms with Gasteiger partial charge in [0.15, 0.2) is 0 Å². The van der Waals surface area contributed by atoms with Crippen LogP contribution in [0.2, 0.25) is 0 Å². The summed E-state index contributed by atoms with van der Waals surface area (Å²) in [6.45, 7) is 0.854. The highest BCUT2D eigenvalue weighted by molar-refractivity contribution is 6.05. The fourth-order valence-electron chi connectivity index (χ4n) is 2.21. The molecule has 0 heterocycles. The number of nitrogens with one attached hydrogen (secondary N) is 1. The average Bonchev–Trinajstić information content (AvgIpc) is 2.55. The van der Waals surface area contributed by atoms with Gasteiger partial charge >= 0.3 is 0 Å². The molecule has 0 aliphatic rings. The fourth-order valence-corrected chi connectivity index (χ4v) is 2.21. The van der Waals surface area contributed by atoms with Crippen LogP contribution in [0.5, 0.6) is 0 Å². The van der Waals surface area contributed by atoms with Gasteiger partial charge in [0.2, 0.25) is 5.91 Å². The number of hydrogen-bond acceptors (Lipinski definition) is 3. The third kappa shape index (κ3) is 3.51. The molecule has 0 bridgehead atoms. The number of ether oxygens (including phenoxy) is 1. The van der Waals surface area contributed by atoms with Gasteiger partial charge in [0, 0.05) is 24.8 Å². The first-order valence-corrected chi connectivity index (χ1v) is 6.90. The molecule has 2 rings (SSSR count). The van der Waals surface area contributed by atoms with E-state index in [1.165, 1.54) is 0 Å². The topological polar surface area (TPSA) is 81.4 Å². The predicted molar refractivity (Wildman–Crippen MR) is 84.6 cm³/mol. The van der Waals surface area contributed by atoms with Crippen LogP contribution in [-0.4, -0.2) is 32.1 Å². The van der Waals surface area contributed by atoms with Crippen LogP contribution in [0.3, 0.4) is 0 Å². The number of rotatable bonds is 6. The van der Waals surface area contributed by atoms with Crippen molar-refractivity contribution >= 4 is 11.8 Å². The molecule has 0 spiro atoms. The summed E-state index contributed by atoms with van der Waals surface area (Å²) in [5.41, 5.74) is 7.62. The van der Waals surface area contributed by atoms with E-state index < -0.39 is 5.91 Å². The van der Waals surface area contributed by atoms with Crippen molar-refractivity contribution in [1.82, 2.24) is 5.32 Å². The molecule has 3 N–H and O–H groups in total. The van der Waals surface area contributed by atoms with E-state index in [9.17, 15) is 9.59 Å². The van der Waals surface area contributed by atoms with Gasteiger partial charge in [0.05, 0.1) is 6.61 Å². The van der Waals surface area contributed by atoms with Gasteiger partial charge in [-0.15, -0.1) is 0 Å². The Balaban J connectivity index is 2.41. The Bertz CT molecular complexity index is 683. The molecule has 5 nitrogen and oxygen atoms in total. The molecule has 0 aliphatic carbocycles. The minimum absolute atomic E-state index is 0.216. The summed E-state index contributed by atoms with van der Waals surface area (Å²) in [5.74, 6) is -0.739. The van der Waals surface area contributed by atoms with E-state index >= 15 is 0 Å². The van der Waals surface area contributed by atoms with E-state index in [0.29, 0.717) is 35.4 Å². The normalized spacial score (nSPS) is 10.2. The zero-order valence-corrected chi connectivity index (χ0v) is 12.3. The van der Waals surface area contributed by atoms with Gasteiger partial charge < -0.3 is 15.8 Å². The zero-order valence-electron chi connectivity index (χ0n) is 12.3. The second-order valence-electron chi connectivity index (χ2n) is 4.70. The Labute approximate surface area is 129 Å². The fraction of sp³-hybridized carbons (Fsp3) is 0.176. The smallest absolute Gasteiger partial charge is 0.251 e. The molecule has 0 aromatic heterocycles. The molecule has 0 fully saturated rings. The van der Waals surface area contributed by atoms with Crippen molar-refractivity contribution in [2.75, 3.05) is 20.3 Å². The quantitative estimate of drug-likeness (QED) is 0.798. The third-order valence-electron chi connectivity index (χ3n) is 3.25. The second-order valence-corrected chi connectivity index (χ2v) is 4.70. The van der Waals surface area contributed by atoms with Crippen LogP contribution in [0.15, 0.2) is 48.5 Å². The van der Waals surface area contributed by atoms with Crippen LogP contribution in [0.1, 0.15) is 20.7 Å². The van der Waals surface area contributed by atoms with E-state index in [2.05, 4.69) is 5.32 Å². The van der Waals surface area contributed by atoms with Crippen LogP contribution in [0, 0.1) is 0 Å². The predicted octanol–water partition coefficient (Wildman–Crippen LogP) is 1.83. The first kappa shape index (κ1) is 15.7. The number of nitrogens with two attached hydrogens (primary N) is 1. The summed E-state index contributed by atoms with van der Waals surface area (Å²) >= 11 is 0. The first-order valence-electron chi connectivity index (χ1n) is 6.90. The molecule has 0 saturated carbocycles. The van der Waals surface area contributed by atoms with Crippen LogP contribution >= 0.6 is 0 Å². The van der Waals surface area contributed by atoms with Gasteiger partial charge in [0.1, 0.15) is 0 Å². The summed E-state index contributed by atoms with van der Waals surface area (Å²) < 4.78 is 4.92. The second kappa shape index (κ2) is 7.38. The highest BCUT2D eigenvalue weighted by Gasteiger charge is 2.16. The molecule has 0 saturated heterocycles. The van der Waals surface area contributed by atoms with Gasteiger partial charge in [-0.2, -0.15) is 0 Å². The minimum Gasteiger partial charge on any atom is -0.383 e. The number of carbonyl (C=O) groups excluding carboxylic acids is 2. The van der Waals surface area contributed by atoms with Crippen molar-refractivity contribution in [3.05, 3.63) is 59.7 Å². The maximum Gasteiger partial charge on any atom is 0.251 e. The van der Waals surface area contributed by atoms with E-state index in [1.807, 2.05) is 6.07 Å². The van der Waals surface area contributed by atoms with E-state index in [0.717, 1.165) is 0 Å². The van der Waals surface area contributed by atoms with Crippen LogP contribution in [-0.2, 0) is 4.74 Å². The highest BCUT2D eigenvalue weighted by Crippen LogP contribution is 2.27. The number of carbonyl (C=O) groups is 2. The molecule has 2 amide bonds. The SMILES string of the molecule is COCCNC(=O)c1ccccc1-c1ccccc1C(N)=O. The number of benzene rings is 2. The zero-order chi connectivity index (χ0) is 15.9.